The quantitative estimate of drug-likeness (QED) is 0.198. The van der Waals surface area contributed by atoms with E-state index >= 15 is 0 Å². The molecule has 0 saturated heterocycles. The van der Waals surface area contributed by atoms with Gasteiger partial charge in [0.1, 0.15) is 5.75 Å². The van der Waals surface area contributed by atoms with Crippen LogP contribution in [0.3, 0.4) is 0 Å². The number of nitrogens with zero attached hydrogens (tertiary/aromatic N) is 1. The Kier molecular flexibility index (Phi) is 6.05. The summed E-state index contributed by atoms with van der Waals surface area (Å²) in [5, 5.41) is 6.41. The number of hydrogen-bond donors (Lipinski definition) is 1. The van der Waals surface area contributed by atoms with Gasteiger partial charge in [-0.1, -0.05) is 60.1 Å². The fourth-order valence-electron chi connectivity index (χ4n) is 3.05. The van der Waals surface area contributed by atoms with Crippen molar-refractivity contribution in [3.8, 4) is 5.75 Å². The molecule has 1 N–H and O–H groups in total. The van der Waals surface area contributed by atoms with Gasteiger partial charge in [0.2, 0.25) is 0 Å². The summed E-state index contributed by atoms with van der Waals surface area (Å²) >= 11 is 5.86. The predicted octanol–water partition coefficient (Wildman–Crippen LogP) is 5.48. The number of carbonyl (C=O) groups is 2. The first-order valence-electron chi connectivity index (χ1n) is 9.50. The Labute approximate surface area is 183 Å². The summed E-state index contributed by atoms with van der Waals surface area (Å²) < 4.78 is 5.64. The van der Waals surface area contributed by atoms with Crippen molar-refractivity contribution in [1.29, 1.82) is 0 Å². The lowest BCUT2D eigenvalue weighted by Gasteiger charge is -2.10. The molecular weight excluding hydrogens is 412 g/mol. The highest BCUT2D eigenvalue weighted by Gasteiger charge is 2.13. The van der Waals surface area contributed by atoms with Gasteiger partial charge < -0.3 is 4.74 Å². The zero-order valence-corrected chi connectivity index (χ0v) is 17.0. The lowest BCUT2D eigenvalue weighted by Crippen LogP contribution is -2.17. The Morgan fingerprint density at radius 3 is 2.29 bits per heavy atom. The molecule has 0 unspecified atom stereocenters. The first-order chi connectivity index (χ1) is 15.1. The second-order valence-corrected chi connectivity index (χ2v) is 7.10. The summed E-state index contributed by atoms with van der Waals surface area (Å²) in [7, 11) is 0. The molecule has 0 atom stereocenters. The zero-order valence-electron chi connectivity index (χ0n) is 16.3. The third kappa shape index (κ3) is 4.79. The maximum absolute atomic E-state index is 12.5. The molecule has 5 nitrogen and oxygen atoms in total. The normalized spacial score (nSPS) is 10.9. The molecule has 0 saturated carbocycles. The van der Waals surface area contributed by atoms with E-state index in [9.17, 15) is 9.59 Å². The van der Waals surface area contributed by atoms with Gasteiger partial charge in [-0.2, -0.15) is 5.10 Å². The van der Waals surface area contributed by atoms with Crippen LogP contribution >= 0.6 is 11.6 Å². The smallest absolute Gasteiger partial charge is 0.343 e. The van der Waals surface area contributed by atoms with E-state index in [2.05, 4.69) is 10.5 Å². The number of esters is 1. The number of nitrogens with one attached hydrogen (secondary N) is 1. The SMILES string of the molecule is O=C(N/N=C/c1c(OC(=O)c2ccccc2)ccc2ccccc12)c1ccc(Cl)cc1. The molecular formula is C25H17ClN2O3. The van der Waals surface area contributed by atoms with Gasteiger partial charge in [-0.15, -0.1) is 0 Å². The molecule has 4 aromatic carbocycles. The zero-order chi connectivity index (χ0) is 21.6. The van der Waals surface area contributed by atoms with Crippen LogP contribution in [0.4, 0.5) is 0 Å². The Balaban J connectivity index is 1.62. The number of amides is 1. The maximum Gasteiger partial charge on any atom is 0.343 e. The van der Waals surface area contributed by atoms with E-state index in [-0.39, 0.29) is 5.91 Å². The molecule has 6 heteroatoms. The van der Waals surface area contributed by atoms with Gasteiger partial charge in [-0.25, -0.2) is 10.2 Å². The molecule has 0 bridgehead atoms. The molecule has 0 aromatic heterocycles. The Hall–Kier alpha value is -3.96. The van der Waals surface area contributed by atoms with E-state index < -0.39 is 5.97 Å². The average molecular weight is 429 g/mol. The van der Waals surface area contributed by atoms with Crippen LogP contribution in [0.2, 0.25) is 5.02 Å². The first kappa shape index (κ1) is 20.3. The van der Waals surface area contributed by atoms with Crippen LogP contribution < -0.4 is 10.2 Å². The van der Waals surface area contributed by atoms with Gasteiger partial charge in [-0.05, 0) is 53.2 Å². The van der Waals surface area contributed by atoms with E-state index in [0.717, 1.165) is 10.8 Å². The molecule has 4 rings (SSSR count). The summed E-state index contributed by atoms with van der Waals surface area (Å²) in [4.78, 5) is 24.9. The van der Waals surface area contributed by atoms with Crippen LogP contribution in [0.5, 0.6) is 5.75 Å². The lowest BCUT2D eigenvalue weighted by molar-refractivity contribution is 0.0734. The van der Waals surface area contributed by atoms with Crippen LogP contribution in [0.15, 0.2) is 96.1 Å². The molecule has 152 valence electrons. The van der Waals surface area contributed by atoms with Crippen LogP contribution in [0.25, 0.3) is 10.8 Å². The standard InChI is InChI=1S/C25H17ClN2O3/c26-20-13-10-18(11-14-20)24(29)28-27-16-22-21-9-5-4-6-17(21)12-15-23(22)31-25(30)19-7-2-1-3-8-19/h1-16H,(H,28,29)/b27-16+. The minimum atomic E-state index is -0.476. The molecule has 0 fully saturated rings. The molecule has 0 spiro atoms. The predicted molar refractivity (Wildman–Crippen MR) is 122 cm³/mol. The van der Waals surface area contributed by atoms with Crippen molar-refractivity contribution in [3.63, 3.8) is 0 Å². The van der Waals surface area contributed by atoms with Crippen molar-refractivity contribution in [2.45, 2.75) is 0 Å². The van der Waals surface area contributed by atoms with Gasteiger partial charge in [0.05, 0.1) is 11.8 Å². The van der Waals surface area contributed by atoms with Crippen molar-refractivity contribution in [3.05, 3.63) is 113 Å². The third-order valence-electron chi connectivity index (χ3n) is 4.61. The van der Waals surface area contributed by atoms with Gasteiger partial charge >= 0.3 is 5.97 Å². The Morgan fingerprint density at radius 1 is 0.806 bits per heavy atom. The number of fused-ring (bicyclic) bond motifs is 1. The van der Waals surface area contributed by atoms with Crippen molar-refractivity contribution in [2.75, 3.05) is 0 Å². The Morgan fingerprint density at radius 2 is 1.52 bits per heavy atom. The molecule has 1 amide bonds. The maximum atomic E-state index is 12.5. The summed E-state index contributed by atoms with van der Waals surface area (Å²) in [6.07, 6.45) is 1.48. The van der Waals surface area contributed by atoms with Gasteiger partial charge in [0, 0.05) is 16.1 Å². The summed E-state index contributed by atoms with van der Waals surface area (Å²) in [6.45, 7) is 0. The Bertz CT molecular complexity index is 1270. The molecule has 0 aliphatic rings. The van der Waals surface area contributed by atoms with Crippen LogP contribution in [0.1, 0.15) is 26.3 Å². The summed E-state index contributed by atoms with van der Waals surface area (Å²) in [6, 6.07) is 26.4. The number of carbonyl (C=O) groups excluding carboxylic acids is 2. The van der Waals surface area contributed by atoms with Crippen molar-refractivity contribution < 1.29 is 14.3 Å². The average Bonchev–Trinajstić information content (AvgIpc) is 2.81. The second kappa shape index (κ2) is 9.24. The van der Waals surface area contributed by atoms with Crippen molar-refractivity contribution in [2.24, 2.45) is 5.10 Å². The topological polar surface area (TPSA) is 67.8 Å². The van der Waals surface area contributed by atoms with E-state index in [1.165, 1.54) is 6.21 Å². The van der Waals surface area contributed by atoms with Gasteiger partial charge in [-0.3, -0.25) is 4.79 Å². The highest BCUT2D eigenvalue weighted by molar-refractivity contribution is 6.30. The largest absolute Gasteiger partial charge is 0.422 e. The van der Waals surface area contributed by atoms with Crippen LogP contribution in [0, 0.1) is 0 Å². The number of ether oxygens (including phenoxy) is 1. The fourth-order valence-corrected chi connectivity index (χ4v) is 3.18. The number of rotatable bonds is 5. The van der Waals surface area contributed by atoms with E-state index in [0.29, 0.717) is 27.5 Å². The highest BCUT2D eigenvalue weighted by atomic mass is 35.5. The van der Waals surface area contributed by atoms with Gasteiger partial charge in [0.15, 0.2) is 0 Å². The molecule has 0 aliphatic heterocycles. The summed E-state index contributed by atoms with van der Waals surface area (Å²) in [5.74, 6) is -0.510. The minimum Gasteiger partial charge on any atom is -0.422 e. The lowest BCUT2D eigenvalue weighted by atomic mass is 10.0. The number of halogens is 1. The van der Waals surface area contributed by atoms with E-state index in [1.54, 1.807) is 54.6 Å². The first-order valence-corrected chi connectivity index (χ1v) is 9.87. The third-order valence-corrected chi connectivity index (χ3v) is 4.86. The fraction of sp³-hybridized carbons (Fsp3) is 0. The molecule has 0 aliphatic carbocycles. The van der Waals surface area contributed by atoms with Crippen LogP contribution in [-0.2, 0) is 0 Å². The minimum absolute atomic E-state index is 0.344. The van der Waals surface area contributed by atoms with Crippen LogP contribution in [-0.4, -0.2) is 18.1 Å². The number of benzene rings is 4. The summed E-state index contributed by atoms with van der Waals surface area (Å²) in [5.41, 5.74) is 3.94. The van der Waals surface area contributed by atoms with Gasteiger partial charge in [0.25, 0.3) is 5.91 Å². The monoisotopic (exact) mass is 428 g/mol. The molecule has 4 aromatic rings. The second-order valence-electron chi connectivity index (χ2n) is 6.66. The number of hydrazone groups is 1. The van der Waals surface area contributed by atoms with Crippen molar-refractivity contribution in [1.82, 2.24) is 5.43 Å². The molecule has 0 radical (unpaired) electrons. The molecule has 0 heterocycles. The van der Waals surface area contributed by atoms with E-state index in [1.807, 2.05) is 36.4 Å². The number of hydrogen-bond acceptors (Lipinski definition) is 4. The van der Waals surface area contributed by atoms with Crippen molar-refractivity contribution >= 4 is 40.5 Å². The van der Waals surface area contributed by atoms with E-state index in [4.69, 9.17) is 16.3 Å². The highest BCUT2D eigenvalue weighted by Crippen LogP contribution is 2.27. The molecule has 31 heavy (non-hydrogen) atoms.